The summed E-state index contributed by atoms with van der Waals surface area (Å²) in [6.45, 7) is 3.56. The highest BCUT2D eigenvalue weighted by Gasteiger charge is 1.98. The zero-order valence-electron chi connectivity index (χ0n) is 7.97. The maximum atomic E-state index is 10.6. The summed E-state index contributed by atoms with van der Waals surface area (Å²) < 4.78 is 9.66. The molecule has 0 aliphatic carbocycles. The number of hydrogen-bond acceptors (Lipinski definition) is 3. The number of hydrogen-bond donors (Lipinski definition) is 0. The Bertz CT molecular complexity index is 112. The summed E-state index contributed by atoms with van der Waals surface area (Å²) >= 11 is 0. The number of carbonyl (C=O) groups is 1. The molecule has 12 heavy (non-hydrogen) atoms. The number of ether oxygens (including phenoxy) is 2. The topological polar surface area (TPSA) is 35.5 Å². The Morgan fingerprint density at radius 3 is 2.58 bits per heavy atom. The monoisotopic (exact) mass is 174 g/mol. The molecule has 0 saturated heterocycles. The molecule has 0 radical (unpaired) electrons. The van der Waals surface area contributed by atoms with E-state index in [2.05, 4.69) is 4.74 Å². The maximum Gasteiger partial charge on any atom is 0.305 e. The molecule has 3 heteroatoms. The number of esters is 1. The summed E-state index contributed by atoms with van der Waals surface area (Å²) in [6.07, 6.45) is 3.50. The van der Waals surface area contributed by atoms with Crippen LogP contribution in [0.2, 0.25) is 0 Å². The molecule has 0 N–H and O–H groups in total. The minimum Gasteiger partial charge on any atom is -0.469 e. The van der Waals surface area contributed by atoms with Crippen LogP contribution in [0, 0.1) is 0 Å². The molecule has 0 rings (SSSR count). The molecular weight excluding hydrogens is 156 g/mol. The van der Waals surface area contributed by atoms with Gasteiger partial charge in [0.05, 0.1) is 7.11 Å². The number of rotatable bonds is 7. The molecule has 0 heterocycles. The first-order valence-electron chi connectivity index (χ1n) is 4.45. The quantitative estimate of drug-likeness (QED) is 0.436. The van der Waals surface area contributed by atoms with Gasteiger partial charge in [0, 0.05) is 19.6 Å². The van der Waals surface area contributed by atoms with Crippen molar-refractivity contribution in [3.63, 3.8) is 0 Å². The highest BCUT2D eigenvalue weighted by molar-refractivity contribution is 5.68. The molecule has 0 saturated carbocycles. The van der Waals surface area contributed by atoms with E-state index in [9.17, 15) is 4.79 Å². The van der Waals surface area contributed by atoms with E-state index in [0.717, 1.165) is 32.5 Å². The van der Waals surface area contributed by atoms with Gasteiger partial charge in [0.1, 0.15) is 0 Å². The van der Waals surface area contributed by atoms with Crippen LogP contribution in [0.15, 0.2) is 0 Å². The summed E-state index contributed by atoms with van der Waals surface area (Å²) in [7, 11) is 1.42. The Morgan fingerprint density at radius 2 is 2.00 bits per heavy atom. The first-order chi connectivity index (χ1) is 5.81. The van der Waals surface area contributed by atoms with Crippen LogP contribution in [0.5, 0.6) is 0 Å². The van der Waals surface area contributed by atoms with Gasteiger partial charge >= 0.3 is 5.97 Å². The van der Waals surface area contributed by atoms with E-state index >= 15 is 0 Å². The molecule has 0 fully saturated rings. The third kappa shape index (κ3) is 7.54. The average Bonchev–Trinajstić information content (AvgIpc) is 2.10. The standard InChI is InChI=1S/C9H18O3/c1-3-12-8-6-4-5-7-9(10)11-2/h3-8H2,1-2H3. The highest BCUT2D eigenvalue weighted by atomic mass is 16.5. The lowest BCUT2D eigenvalue weighted by molar-refractivity contribution is -0.140. The van der Waals surface area contributed by atoms with E-state index in [4.69, 9.17) is 4.74 Å². The SMILES string of the molecule is CCOCCCCCC(=O)OC. The van der Waals surface area contributed by atoms with Gasteiger partial charge in [-0.1, -0.05) is 6.42 Å². The van der Waals surface area contributed by atoms with Gasteiger partial charge in [-0.3, -0.25) is 4.79 Å². The predicted octanol–water partition coefficient (Wildman–Crippen LogP) is 1.76. The van der Waals surface area contributed by atoms with Crippen molar-refractivity contribution in [3.05, 3.63) is 0 Å². The molecule has 0 amide bonds. The average molecular weight is 174 g/mol. The first kappa shape index (κ1) is 11.4. The first-order valence-corrected chi connectivity index (χ1v) is 4.45. The smallest absolute Gasteiger partial charge is 0.305 e. The second-order valence-electron chi connectivity index (χ2n) is 2.58. The molecule has 0 bridgehead atoms. The summed E-state index contributed by atoms with van der Waals surface area (Å²) in [4.78, 5) is 10.6. The molecule has 3 nitrogen and oxygen atoms in total. The molecule has 0 aromatic carbocycles. The van der Waals surface area contributed by atoms with Crippen molar-refractivity contribution < 1.29 is 14.3 Å². The lowest BCUT2D eigenvalue weighted by atomic mass is 10.2. The van der Waals surface area contributed by atoms with Crippen molar-refractivity contribution in [2.75, 3.05) is 20.3 Å². The number of methoxy groups -OCH3 is 1. The Labute approximate surface area is 74.0 Å². The Morgan fingerprint density at radius 1 is 1.25 bits per heavy atom. The van der Waals surface area contributed by atoms with Crippen LogP contribution >= 0.6 is 0 Å². The molecule has 0 unspecified atom stereocenters. The van der Waals surface area contributed by atoms with E-state index in [1.807, 2.05) is 6.92 Å². The second kappa shape index (κ2) is 8.53. The largest absolute Gasteiger partial charge is 0.469 e. The van der Waals surface area contributed by atoms with Gasteiger partial charge in [-0.25, -0.2) is 0 Å². The zero-order chi connectivity index (χ0) is 9.23. The van der Waals surface area contributed by atoms with Crippen molar-refractivity contribution >= 4 is 5.97 Å². The van der Waals surface area contributed by atoms with Crippen LogP contribution in [0.4, 0.5) is 0 Å². The fourth-order valence-corrected chi connectivity index (χ4v) is 0.897. The third-order valence-corrected chi connectivity index (χ3v) is 1.60. The molecule has 0 atom stereocenters. The van der Waals surface area contributed by atoms with E-state index < -0.39 is 0 Å². The summed E-state index contributed by atoms with van der Waals surface area (Å²) in [5.74, 6) is -0.119. The van der Waals surface area contributed by atoms with Crippen molar-refractivity contribution in [2.45, 2.75) is 32.6 Å². The number of carbonyl (C=O) groups excluding carboxylic acids is 1. The number of unbranched alkanes of at least 4 members (excludes halogenated alkanes) is 2. The maximum absolute atomic E-state index is 10.6. The van der Waals surface area contributed by atoms with Gasteiger partial charge < -0.3 is 9.47 Å². The van der Waals surface area contributed by atoms with Crippen LogP contribution in [-0.2, 0) is 14.3 Å². The zero-order valence-corrected chi connectivity index (χ0v) is 7.97. The summed E-state index contributed by atoms with van der Waals surface area (Å²) in [5, 5.41) is 0. The van der Waals surface area contributed by atoms with Gasteiger partial charge in [-0.05, 0) is 19.8 Å². The van der Waals surface area contributed by atoms with Gasteiger partial charge in [0.2, 0.25) is 0 Å². The van der Waals surface area contributed by atoms with E-state index in [1.165, 1.54) is 7.11 Å². The van der Waals surface area contributed by atoms with Crippen LogP contribution < -0.4 is 0 Å². The second-order valence-corrected chi connectivity index (χ2v) is 2.58. The van der Waals surface area contributed by atoms with Gasteiger partial charge in [-0.15, -0.1) is 0 Å². The van der Waals surface area contributed by atoms with E-state index in [0.29, 0.717) is 6.42 Å². The molecule has 0 aromatic rings. The third-order valence-electron chi connectivity index (χ3n) is 1.60. The lowest BCUT2D eigenvalue weighted by Gasteiger charge is -2.00. The molecule has 0 spiro atoms. The predicted molar refractivity (Wildman–Crippen MR) is 47.0 cm³/mol. The minimum atomic E-state index is -0.119. The van der Waals surface area contributed by atoms with Crippen molar-refractivity contribution in [1.29, 1.82) is 0 Å². The van der Waals surface area contributed by atoms with Crippen LogP contribution in [0.3, 0.4) is 0 Å². The van der Waals surface area contributed by atoms with Crippen molar-refractivity contribution in [2.24, 2.45) is 0 Å². The molecule has 0 aliphatic heterocycles. The van der Waals surface area contributed by atoms with Crippen LogP contribution in [0.1, 0.15) is 32.6 Å². The van der Waals surface area contributed by atoms with Crippen molar-refractivity contribution in [3.8, 4) is 0 Å². The van der Waals surface area contributed by atoms with Crippen LogP contribution in [-0.4, -0.2) is 26.3 Å². The molecule has 0 aromatic heterocycles. The normalized spacial score (nSPS) is 9.83. The lowest BCUT2D eigenvalue weighted by Crippen LogP contribution is -2.00. The Hall–Kier alpha value is -0.570. The minimum absolute atomic E-state index is 0.119. The highest BCUT2D eigenvalue weighted by Crippen LogP contribution is 2.00. The van der Waals surface area contributed by atoms with Gasteiger partial charge in [-0.2, -0.15) is 0 Å². The van der Waals surface area contributed by atoms with Gasteiger partial charge in [0.15, 0.2) is 0 Å². The van der Waals surface area contributed by atoms with E-state index in [1.54, 1.807) is 0 Å². The summed E-state index contributed by atoms with van der Waals surface area (Å²) in [5.41, 5.74) is 0. The Balaban J connectivity index is 2.95. The molecule has 72 valence electrons. The molecule has 0 aliphatic rings. The van der Waals surface area contributed by atoms with E-state index in [-0.39, 0.29) is 5.97 Å². The fourth-order valence-electron chi connectivity index (χ4n) is 0.897. The van der Waals surface area contributed by atoms with Crippen molar-refractivity contribution in [1.82, 2.24) is 0 Å². The van der Waals surface area contributed by atoms with Gasteiger partial charge in [0.25, 0.3) is 0 Å². The Kier molecular flexibility index (Phi) is 8.12. The van der Waals surface area contributed by atoms with Crippen LogP contribution in [0.25, 0.3) is 0 Å². The molecular formula is C9H18O3. The fraction of sp³-hybridized carbons (Fsp3) is 0.889. The summed E-state index contributed by atoms with van der Waals surface area (Å²) in [6, 6.07) is 0.